The molecule has 2 nitrogen and oxygen atoms in total. The molecule has 0 radical (unpaired) electrons. The topological polar surface area (TPSA) is 39.2 Å². The lowest BCUT2D eigenvalue weighted by Gasteiger charge is -2.17. The van der Waals surface area contributed by atoms with Crippen LogP contribution < -0.4 is 5.73 Å². The Bertz CT molecular complexity index is 534. The van der Waals surface area contributed by atoms with Crippen LogP contribution in [-0.2, 0) is 6.18 Å². The average molecular weight is 259 g/mol. The molecule has 1 aromatic carbocycles. The third-order valence-electron chi connectivity index (χ3n) is 2.56. The highest BCUT2D eigenvalue weighted by Crippen LogP contribution is 2.36. The first-order valence-electron chi connectivity index (χ1n) is 5.04. The summed E-state index contributed by atoms with van der Waals surface area (Å²) in [5.41, 5.74) is 4.79. The van der Waals surface area contributed by atoms with Gasteiger partial charge in [-0.05, 0) is 29.8 Å². The summed E-state index contributed by atoms with van der Waals surface area (Å²) in [6.07, 6.45) is -2.05. The number of alkyl halides is 3. The molecule has 1 heterocycles. The van der Waals surface area contributed by atoms with Gasteiger partial charge in [-0.25, -0.2) is 4.39 Å². The van der Waals surface area contributed by atoms with Crippen molar-refractivity contribution in [1.29, 1.82) is 0 Å². The fourth-order valence-corrected chi connectivity index (χ4v) is 1.68. The molecule has 1 aromatic heterocycles. The Morgan fingerprint density at radius 1 is 1.17 bits per heavy atom. The maximum Gasteiger partial charge on any atom is 0.416 e. The molecule has 0 aliphatic heterocycles. The molecule has 18 heavy (non-hydrogen) atoms. The molecule has 0 aliphatic rings. The van der Waals surface area contributed by atoms with E-state index in [9.17, 15) is 17.6 Å². The average Bonchev–Trinajstić information content (AvgIpc) is 2.79. The van der Waals surface area contributed by atoms with Crippen LogP contribution >= 0.6 is 0 Å². The first-order valence-corrected chi connectivity index (χ1v) is 5.04. The minimum Gasteiger partial charge on any atom is -0.472 e. The summed E-state index contributed by atoms with van der Waals surface area (Å²) in [7, 11) is 0. The van der Waals surface area contributed by atoms with E-state index < -0.39 is 23.6 Å². The summed E-state index contributed by atoms with van der Waals surface area (Å²) < 4.78 is 56.2. The number of nitrogens with two attached hydrogens (primary N) is 1. The van der Waals surface area contributed by atoms with Gasteiger partial charge in [-0.1, -0.05) is 0 Å². The first kappa shape index (κ1) is 12.6. The minimum absolute atomic E-state index is 0.316. The van der Waals surface area contributed by atoms with Crippen molar-refractivity contribution in [3.05, 3.63) is 59.3 Å². The van der Waals surface area contributed by atoms with Gasteiger partial charge < -0.3 is 10.2 Å². The third kappa shape index (κ3) is 2.38. The van der Waals surface area contributed by atoms with Gasteiger partial charge in [0, 0.05) is 5.56 Å². The first-order chi connectivity index (χ1) is 8.39. The standard InChI is InChI=1S/C12H9F4NO/c13-8-1-2-10(12(14,15)16)9(5-8)11(17)7-3-4-18-6-7/h1-6,11H,17H2. The molecule has 2 rings (SSSR count). The number of benzene rings is 1. The summed E-state index contributed by atoms with van der Waals surface area (Å²) in [6, 6.07) is 2.59. The van der Waals surface area contributed by atoms with E-state index >= 15 is 0 Å². The highest BCUT2D eigenvalue weighted by atomic mass is 19.4. The van der Waals surface area contributed by atoms with Crippen LogP contribution in [-0.4, -0.2) is 0 Å². The van der Waals surface area contributed by atoms with Crippen molar-refractivity contribution in [2.75, 3.05) is 0 Å². The van der Waals surface area contributed by atoms with Gasteiger partial charge in [0.25, 0.3) is 0 Å². The van der Waals surface area contributed by atoms with Crippen molar-refractivity contribution in [2.45, 2.75) is 12.2 Å². The summed E-state index contributed by atoms with van der Waals surface area (Å²) in [5.74, 6) is -0.767. The molecule has 0 bridgehead atoms. The zero-order valence-corrected chi connectivity index (χ0v) is 9.04. The summed E-state index contributed by atoms with van der Waals surface area (Å²) in [6.45, 7) is 0. The zero-order valence-electron chi connectivity index (χ0n) is 9.04. The maximum absolute atomic E-state index is 13.1. The summed E-state index contributed by atoms with van der Waals surface area (Å²) >= 11 is 0. The molecule has 1 unspecified atom stereocenters. The van der Waals surface area contributed by atoms with E-state index in [1.54, 1.807) is 0 Å². The normalized spacial score (nSPS) is 13.6. The lowest BCUT2D eigenvalue weighted by Crippen LogP contribution is -2.18. The van der Waals surface area contributed by atoms with Crippen LogP contribution in [0.1, 0.15) is 22.7 Å². The summed E-state index contributed by atoms with van der Waals surface area (Å²) in [5, 5.41) is 0. The molecule has 0 aliphatic carbocycles. The lowest BCUT2D eigenvalue weighted by atomic mass is 9.96. The summed E-state index contributed by atoms with van der Waals surface area (Å²) in [4.78, 5) is 0. The third-order valence-corrected chi connectivity index (χ3v) is 2.56. The molecule has 0 spiro atoms. The van der Waals surface area contributed by atoms with Crippen LogP contribution in [0.25, 0.3) is 0 Å². The molecule has 0 saturated carbocycles. The number of rotatable bonds is 2. The van der Waals surface area contributed by atoms with Gasteiger partial charge >= 0.3 is 6.18 Å². The van der Waals surface area contributed by atoms with E-state index in [0.717, 1.165) is 12.1 Å². The second kappa shape index (κ2) is 4.45. The van der Waals surface area contributed by atoms with Crippen LogP contribution in [0.2, 0.25) is 0 Å². The highest BCUT2D eigenvalue weighted by molar-refractivity contribution is 5.38. The molecule has 0 fully saturated rings. The van der Waals surface area contributed by atoms with Gasteiger partial charge in [0.05, 0.1) is 24.1 Å². The van der Waals surface area contributed by atoms with Gasteiger partial charge in [-0.2, -0.15) is 13.2 Å². The quantitative estimate of drug-likeness (QED) is 0.838. The Balaban J connectivity index is 2.52. The molecular weight excluding hydrogens is 250 g/mol. The van der Waals surface area contributed by atoms with Crippen molar-refractivity contribution in [1.82, 2.24) is 0 Å². The Labute approximate surface area is 100 Å². The van der Waals surface area contributed by atoms with Crippen molar-refractivity contribution in [3.63, 3.8) is 0 Å². The van der Waals surface area contributed by atoms with E-state index in [1.165, 1.54) is 18.6 Å². The molecule has 2 N–H and O–H groups in total. The minimum atomic E-state index is -4.58. The number of hydrogen-bond donors (Lipinski definition) is 1. The SMILES string of the molecule is NC(c1ccoc1)c1cc(F)ccc1C(F)(F)F. The van der Waals surface area contributed by atoms with E-state index in [1.807, 2.05) is 0 Å². The molecule has 2 aromatic rings. The maximum atomic E-state index is 13.1. The van der Waals surface area contributed by atoms with Gasteiger partial charge in [0.15, 0.2) is 0 Å². The van der Waals surface area contributed by atoms with Gasteiger partial charge in [-0.15, -0.1) is 0 Å². The van der Waals surface area contributed by atoms with Crippen LogP contribution in [0.5, 0.6) is 0 Å². The highest BCUT2D eigenvalue weighted by Gasteiger charge is 2.35. The predicted octanol–water partition coefficient (Wildman–Crippen LogP) is 3.49. The Morgan fingerprint density at radius 3 is 2.44 bits per heavy atom. The second-order valence-corrected chi connectivity index (χ2v) is 3.76. The molecule has 6 heteroatoms. The van der Waals surface area contributed by atoms with E-state index in [-0.39, 0.29) is 5.56 Å². The van der Waals surface area contributed by atoms with Crippen molar-refractivity contribution in [3.8, 4) is 0 Å². The molecule has 0 saturated heterocycles. The van der Waals surface area contributed by atoms with Crippen LogP contribution in [0.15, 0.2) is 41.2 Å². The molecular formula is C12H9F4NO. The Hall–Kier alpha value is -1.82. The van der Waals surface area contributed by atoms with Crippen LogP contribution in [0.4, 0.5) is 17.6 Å². The van der Waals surface area contributed by atoms with Gasteiger partial charge in [-0.3, -0.25) is 0 Å². The van der Waals surface area contributed by atoms with Gasteiger partial charge in [0.2, 0.25) is 0 Å². The van der Waals surface area contributed by atoms with E-state index in [4.69, 9.17) is 10.2 Å². The number of furan rings is 1. The number of hydrogen-bond acceptors (Lipinski definition) is 2. The Morgan fingerprint density at radius 2 is 1.89 bits per heavy atom. The van der Waals surface area contributed by atoms with Crippen molar-refractivity contribution in [2.24, 2.45) is 5.73 Å². The second-order valence-electron chi connectivity index (χ2n) is 3.76. The monoisotopic (exact) mass is 259 g/mol. The van der Waals surface area contributed by atoms with Crippen LogP contribution in [0, 0.1) is 5.82 Å². The lowest BCUT2D eigenvalue weighted by molar-refractivity contribution is -0.138. The smallest absolute Gasteiger partial charge is 0.416 e. The fraction of sp³-hybridized carbons (Fsp3) is 0.167. The van der Waals surface area contributed by atoms with Crippen molar-refractivity contribution >= 4 is 0 Å². The molecule has 96 valence electrons. The molecule has 0 amide bonds. The molecule has 1 atom stereocenters. The van der Waals surface area contributed by atoms with Crippen LogP contribution in [0.3, 0.4) is 0 Å². The predicted molar refractivity (Wildman–Crippen MR) is 56.1 cm³/mol. The zero-order chi connectivity index (χ0) is 13.3. The Kier molecular flexibility index (Phi) is 3.13. The number of halogens is 4. The van der Waals surface area contributed by atoms with E-state index in [2.05, 4.69) is 0 Å². The van der Waals surface area contributed by atoms with E-state index in [0.29, 0.717) is 11.6 Å². The van der Waals surface area contributed by atoms with Gasteiger partial charge in [0.1, 0.15) is 5.82 Å². The van der Waals surface area contributed by atoms with Crippen molar-refractivity contribution < 1.29 is 22.0 Å². The largest absolute Gasteiger partial charge is 0.472 e. The fourth-order valence-electron chi connectivity index (χ4n) is 1.68.